The van der Waals surface area contributed by atoms with Crippen molar-refractivity contribution < 1.29 is 19.1 Å². The Morgan fingerprint density at radius 1 is 0.900 bits per heavy atom. The van der Waals surface area contributed by atoms with E-state index in [4.69, 9.17) is 4.74 Å². The quantitative estimate of drug-likeness (QED) is 0.261. The van der Waals surface area contributed by atoms with Gasteiger partial charge in [-0.1, -0.05) is 35.9 Å². The van der Waals surface area contributed by atoms with E-state index in [-0.39, 0.29) is 12.2 Å². The smallest absolute Gasteiger partial charge is 0.335 e. The van der Waals surface area contributed by atoms with Gasteiger partial charge in [-0.3, -0.25) is 14.9 Å². The average Bonchev–Trinajstić information content (AvgIpc) is 3.23. The fraction of sp³-hybridized carbons (Fsp3) is 0.125. The molecule has 4 amide bonds. The lowest BCUT2D eigenvalue weighted by Gasteiger charge is -2.26. The zero-order valence-corrected chi connectivity index (χ0v) is 22.3. The molecule has 0 atom stereocenters. The SMILES string of the molecule is Cc1ccc(N2C(=O)NC(=O)/C(=C\c3cc(C)n(-c4ccc(OCc5ccccc5C#N)cc4)c3C)C2=O)cc1. The molecule has 2 heterocycles. The van der Waals surface area contributed by atoms with Crippen molar-refractivity contribution >= 4 is 29.6 Å². The number of hydrogen-bond donors (Lipinski definition) is 1. The molecule has 1 saturated heterocycles. The average molecular weight is 531 g/mol. The second-order valence-electron chi connectivity index (χ2n) is 9.51. The van der Waals surface area contributed by atoms with E-state index < -0.39 is 17.8 Å². The summed E-state index contributed by atoms with van der Waals surface area (Å²) in [6.07, 6.45) is 1.52. The molecular formula is C32H26N4O4. The highest BCUT2D eigenvalue weighted by Gasteiger charge is 2.37. The van der Waals surface area contributed by atoms with E-state index in [1.807, 2.05) is 73.9 Å². The highest BCUT2D eigenvalue weighted by atomic mass is 16.5. The van der Waals surface area contributed by atoms with Crippen LogP contribution in [0.1, 0.15) is 33.6 Å². The number of benzene rings is 3. The minimum absolute atomic E-state index is 0.123. The van der Waals surface area contributed by atoms with Crippen molar-refractivity contribution in [2.75, 3.05) is 4.90 Å². The van der Waals surface area contributed by atoms with E-state index in [9.17, 15) is 19.6 Å². The molecule has 1 N–H and O–H groups in total. The van der Waals surface area contributed by atoms with Gasteiger partial charge in [0, 0.05) is 22.6 Å². The Hall–Kier alpha value is -5.42. The number of nitriles is 1. The Balaban J connectivity index is 1.39. The second kappa shape index (κ2) is 10.8. The summed E-state index contributed by atoms with van der Waals surface area (Å²) in [5.74, 6) is -0.754. The number of carbonyl (C=O) groups is 3. The van der Waals surface area contributed by atoms with Crippen LogP contribution in [0.2, 0.25) is 0 Å². The molecule has 0 radical (unpaired) electrons. The van der Waals surface area contributed by atoms with Gasteiger partial charge in [0.05, 0.1) is 17.3 Å². The van der Waals surface area contributed by atoms with Crippen molar-refractivity contribution in [3.63, 3.8) is 0 Å². The van der Waals surface area contributed by atoms with Crippen LogP contribution in [0.3, 0.4) is 0 Å². The van der Waals surface area contributed by atoms with Crippen molar-refractivity contribution in [1.82, 2.24) is 9.88 Å². The normalized spacial score (nSPS) is 14.3. The first-order valence-corrected chi connectivity index (χ1v) is 12.6. The Morgan fingerprint density at radius 3 is 2.27 bits per heavy atom. The molecule has 1 aliphatic heterocycles. The van der Waals surface area contributed by atoms with Crippen LogP contribution in [0.5, 0.6) is 5.75 Å². The minimum atomic E-state index is -0.778. The number of carbonyl (C=O) groups excluding carboxylic acids is 3. The standard InChI is InChI=1S/C32H26N4O4/c1-20-8-10-27(11-9-20)36-31(38)29(30(37)34-32(36)39)17-25-16-21(2)35(22(25)3)26-12-14-28(15-13-26)40-19-24-7-5-4-6-23(24)18-33/h4-17H,19H2,1-3H3,(H,34,37,39)/b29-17+. The molecule has 0 unspecified atom stereocenters. The first-order chi connectivity index (χ1) is 19.3. The third-order valence-corrected chi connectivity index (χ3v) is 6.79. The van der Waals surface area contributed by atoms with E-state index in [0.717, 1.165) is 33.1 Å². The van der Waals surface area contributed by atoms with Gasteiger partial charge in [-0.2, -0.15) is 5.26 Å². The van der Waals surface area contributed by atoms with E-state index in [0.29, 0.717) is 22.6 Å². The van der Waals surface area contributed by atoms with Gasteiger partial charge >= 0.3 is 6.03 Å². The summed E-state index contributed by atoms with van der Waals surface area (Å²) in [5, 5.41) is 11.6. The maximum absolute atomic E-state index is 13.3. The predicted octanol–water partition coefficient (Wildman–Crippen LogP) is 5.52. The van der Waals surface area contributed by atoms with E-state index in [1.54, 1.807) is 30.3 Å². The molecule has 1 aromatic heterocycles. The van der Waals surface area contributed by atoms with Crippen LogP contribution in [0.25, 0.3) is 11.8 Å². The van der Waals surface area contributed by atoms with Crippen LogP contribution in [-0.4, -0.2) is 22.4 Å². The Labute approximate surface area is 231 Å². The van der Waals surface area contributed by atoms with Crippen LogP contribution in [0.15, 0.2) is 84.4 Å². The first kappa shape index (κ1) is 26.2. The molecule has 4 aromatic rings. The fourth-order valence-electron chi connectivity index (χ4n) is 4.68. The predicted molar refractivity (Wildman–Crippen MR) is 151 cm³/mol. The molecule has 40 heavy (non-hydrogen) atoms. The number of hydrogen-bond acceptors (Lipinski definition) is 5. The van der Waals surface area contributed by atoms with Crippen molar-refractivity contribution in [3.8, 4) is 17.5 Å². The van der Waals surface area contributed by atoms with E-state index >= 15 is 0 Å². The molecule has 0 saturated carbocycles. The van der Waals surface area contributed by atoms with Gasteiger partial charge in [-0.25, -0.2) is 9.69 Å². The zero-order chi connectivity index (χ0) is 28.4. The first-order valence-electron chi connectivity index (χ1n) is 12.6. The maximum atomic E-state index is 13.3. The molecule has 3 aromatic carbocycles. The fourth-order valence-corrected chi connectivity index (χ4v) is 4.68. The molecule has 0 spiro atoms. The molecule has 0 bridgehead atoms. The highest BCUT2D eigenvalue weighted by molar-refractivity contribution is 6.39. The molecule has 1 aliphatic rings. The molecule has 8 nitrogen and oxygen atoms in total. The molecule has 5 rings (SSSR count). The molecule has 1 fully saturated rings. The number of nitrogens with one attached hydrogen (secondary N) is 1. The topological polar surface area (TPSA) is 104 Å². The lowest BCUT2D eigenvalue weighted by Crippen LogP contribution is -2.54. The third kappa shape index (κ3) is 5.00. The summed E-state index contributed by atoms with van der Waals surface area (Å²) in [5.41, 5.74) is 5.91. The number of nitrogens with zero attached hydrogens (tertiary/aromatic N) is 3. The summed E-state index contributed by atoms with van der Waals surface area (Å²) in [7, 11) is 0. The molecule has 0 aliphatic carbocycles. The largest absolute Gasteiger partial charge is 0.489 e. The maximum Gasteiger partial charge on any atom is 0.335 e. The number of anilines is 1. The van der Waals surface area contributed by atoms with Crippen LogP contribution < -0.4 is 15.0 Å². The number of ether oxygens (including phenoxy) is 1. The lowest BCUT2D eigenvalue weighted by molar-refractivity contribution is -0.122. The lowest BCUT2D eigenvalue weighted by atomic mass is 10.1. The Kier molecular flexibility index (Phi) is 7.04. The summed E-state index contributed by atoms with van der Waals surface area (Å²) in [6.45, 7) is 6.02. The number of barbiturate groups is 1. The van der Waals surface area contributed by atoms with Gasteiger partial charge in [0.25, 0.3) is 11.8 Å². The molecule has 198 valence electrons. The second-order valence-corrected chi connectivity index (χ2v) is 9.51. The van der Waals surface area contributed by atoms with Crippen molar-refractivity contribution in [2.45, 2.75) is 27.4 Å². The minimum Gasteiger partial charge on any atom is -0.489 e. The van der Waals surface area contributed by atoms with Gasteiger partial charge in [0.1, 0.15) is 17.9 Å². The van der Waals surface area contributed by atoms with Crippen molar-refractivity contribution in [2.24, 2.45) is 0 Å². The van der Waals surface area contributed by atoms with E-state index in [2.05, 4.69) is 11.4 Å². The third-order valence-electron chi connectivity index (χ3n) is 6.79. The van der Waals surface area contributed by atoms with Gasteiger partial charge in [-0.15, -0.1) is 0 Å². The number of rotatable bonds is 6. The highest BCUT2D eigenvalue weighted by Crippen LogP contribution is 2.27. The van der Waals surface area contributed by atoms with Crippen LogP contribution in [-0.2, 0) is 16.2 Å². The summed E-state index contributed by atoms with van der Waals surface area (Å²) >= 11 is 0. The molecule has 8 heteroatoms. The number of aromatic nitrogens is 1. The van der Waals surface area contributed by atoms with Crippen LogP contribution in [0.4, 0.5) is 10.5 Å². The van der Waals surface area contributed by atoms with E-state index in [1.165, 1.54) is 6.08 Å². The Bertz CT molecular complexity index is 1710. The summed E-state index contributed by atoms with van der Waals surface area (Å²) < 4.78 is 7.90. The number of aryl methyl sites for hydroxylation is 2. The van der Waals surface area contributed by atoms with Crippen molar-refractivity contribution in [3.05, 3.63) is 118 Å². The van der Waals surface area contributed by atoms with Crippen molar-refractivity contribution in [1.29, 1.82) is 5.26 Å². The summed E-state index contributed by atoms with van der Waals surface area (Å²) in [4.78, 5) is 39.5. The number of imide groups is 2. The summed E-state index contributed by atoms with van der Waals surface area (Å²) in [6, 6.07) is 25.1. The zero-order valence-electron chi connectivity index (χ0n) is 22.3. The van der Waals surface area contributed by atoms with Crippen LogP contribution in [0, 0.1) is 32.1 Å². The monoisotopic (exact) mass is 530 g/mol. The molecular weight excluding hydrogens is 504 g/mol. The van der Waals surface area contributed by atoms with Gasteiger partial charge in [-0.05, 0) is 80.9 Å². The van der Waals surface area contributed by atoms with Gasteiger partial charge in [0.15, 0.2) is 0 Å². The number of urea groups is 1. The van der Waals surface area contributed by atoms with Crippen LogP contribution >= 0.6 is 0 Å². The Morgan fingerprint density at radius 2 is 1.57 bits per heavy atom. The van der Waals surface area contributed by atoms with Gasteiger partial charge in [0.2, 0.25) is 0 Å². The van der Waals surface area contributed by atoms with Gasteiger partial charge < -0.3 is 9.30 Å². The number of amides is 4.